The Morgan fingerprint density at radius 3 is 2.55 bits per heavy atom. The fraction of sp³-hybridized carbons (Fsp3) is 0.647. The zero-order valence-electron chi connectivity index (χ0n) is 13.4. The molecule has 1 aliphatic rings. The van der Waals surface area contributed by atoms with E-state index in [1.165, 1.54) is 43.7 Å². The van der Waals surface area contributed by atoms with Gasteiger partial charge in [0.2, 0.25) is 0 Å². The Morgan fingerprint density at radius 1 is 1.25 bits per heavy atom. The van der Waals surface area contributed by atoms with Gasteiger partial charge in [-0.2, -0.15) is 0 Å². The SMILES string of the molecule is CCC1CN(C)CCCN1c1ccc(C(C)NC)cc1. The van der Waals surface area contributed by atoms with Crippen LogP contribution in [0.15, 0.2) is 24.3 Å². The van der Waals surface area contributed by atoms with Gasteiger partial charge in [0.25, 0.3) is 0 Å². The summed E-state index contributed by atoms with van der Waals surface area (Å²) < 4.78 is 0. The van der Waals surface area contributed by atoms with Gasteiger partial charge in [-0.25, -0.2) is 0 Å². The van der Waals surface area contributed by atoms with E-state index in [4.69, 9.17) is 0 Å². The van der Waals surface area contributed by atoms with Crippen LogP contribution in [0.5, 0.6) is 0 Å². The molecule has 0 aromatic heterocycles. The second kappa shape index (κ2) is 7.09. The summed E-state index contributed by atoms with van der Waals surface area (Å²) in [6.07, 6.45) is 2.46. The van der Waals surface area contributed by atoms with Gasteiger partial charge in [-0.15, -0.1) is 0 Å². The average molecular weight is 275 g/mol. The molecular formula is C17H29N3. The van der Waals surface area contributed by atoms with Crippen LogP contribution in [0.25, 0.3) is 0 Å². The lowest BCUT2D eigenvalue weighted by molar-refractivity contribution is 0.328. The van der Waals surface area contributed by atoms with Crippen molar-refractivity contribution in [3.63, 3.8) is 0 Å². The van der Waals surface area contributed by atoms with Gasteiger partial charge in [0, 0.05) is 30.9 Å². The summed E-state index contributed by atoms with van der Waals surface area (Å²) >= 11 is 0. The highest BCUT2D eigenvalue weighted by Crippen LogP contribution is 2.24. The molecule has 2 atom stereocenters. The first-order valence-electron chi connectivity index (χ1n) is 7.88. The normalized spacial score (nSPS) is 22.6. The van der Waals surface area contributed by atoms with E-state index in [2.05, 4.69) is 60.3 Å². The summed E-state index contributed by atoms with van der Waals surface area (Å²) in [4.78, 5) is 5.06. The van der Waals surface area contributed by atoms with Crippen molar-refractivity contribution in [1.82, 2.24) is 10.2 Å². The fourth-order valence-electron chi connectivity index (χ4n) is 3.05. The highest BCUT2D eigenvalue weighted by Gasteiger charge is 2.22. The zero-order valence-corrected chi connectivity index (χ0v) is 13.4. The van der Waals surface area contributed by atoms with E-state index < -0.39 is 0 Å². The topological polar surface area (TPSA) is 18.5 Å². The summed E-state index contributed by atoms with van der Waals surface area (Å²) in [6.45, 7) is 8.05. The molecule has 1 N–H and O–H groups in total. The predicted molar refractivity (Wildman–Crippen MR) is 87.5 cm³/mol. The molecule has 0 saturated carbocycles. The molecule has 2 rings (SSSR count). The lowest BCUT2D eigenvalue weighted by Gasteiger charge is -2.32. The molecule has 0 amide bonds. The first-order valence-corrected chi connectivity index (χ1v) is 7.88. The summed E-state index contributed by atoms with van der Waals surface area (Å²) in [5, 5.41) is 3.30. The Balaban J connectivity index is 2.16. The summed E-state index contributed by atoms with van der Waals surface area (Å²) in [7, 11) is 4.25. The van der Waals surface area contributed by atoms with Crippen LogP contribution in [0.2, 0.25) is 0 Å². The molecular weight excluding hydrogens is 246 g/mol. The monoisotopic (exact) mass is 275 g/mol. The molecule has 0 radical (unpaired) electrons. The Labute approximate surface area is 124 Å². The van der Waals surface area contributed by atoms with E-state index in [1.807, 2.05) is 7.05 Å². The van der Waals surface area contributed by atoms with Crippen molar-refractivity contribution in [3.8, 4) is 0 Å². The van der Waals surface area contributed by atoms with Crippen molar-refractivity contribution < 1.29 is 0 Å². The first-order chi connectivity index (χ1) is 9.65. The maximum absolute atomic E-state index is 3.30. The third-order valence-corrected chi connectivity index (χ3v) is 4.53. The lowest BCUT2D eigenvalue weighted by atomic mass is 10.1. The lowest BCUT2D eigenvalue weighted by Crippen LogP contribution is -2.39. The average Bonchev–Trinajstić information content (AvgIpc) is 2.67. The molecule has 3 nitrogen and oxygen atoms in total. The van der Waals surface area contributed by atoms with Gasteiger partial charge in [0.1, 0.15) is 0 Å². The van der Waals surface area contributed by atoms with Crippen molar-refractivity contribution in [2.24, 2.45) is 0 Å². The molecule has 1 aliphatic heterocycles. The second-order valence-corrected chi connectivity index (χ2v) is 5.97. The van der Waals surface area contributed by atoms with Crippen LogP contribution in [-0.4, -0.2) is 44.7 Å². The van der Waals surface area contributed by atoms with Crippen LogP contribution in [0.4, 0.5) is 5.69 Å². The Morgan fingerprint density at radius 2 is 1.95 bits per heavy atom. The van der Waals surface area contributed by atoms with Crippen molar-refractivity contribution in [1.29, 1.82) is 0 Å². The Hall–Kier alpha value is -1.06. The van der Waals surface area contributed by atoms with E-state index in [9.17, 15) is 0 Å². The molecule has 1 fully saturated rings. The number of nitrogens with zero attached hydrogens (tertiary/aromatic N) is 2. The van der Waals surface area contributed by atoms with E-state index >= 15 is 0 Å². The highest BCUT2D eigenvalue weighted by atomic mass is 15.2. The van der Waals surface area contributed by atoms with Crippen molar-refractivity contribution in [2.45, 2.75) is 38.8 Å². The molecule has 2 unspecified atom stereocenters. The quantitative estimate of drug-likeness (QED) is 0.911. The third-order valence-electron chi connectivity index (χ3n) is 4.53. The first kappa shape index (κ1) is 15.3. The van der Waals surface area contributed by atoms with Crippen LogP contribution in [-0.2, 0) is 0 Å². The van der Waals surface area contributed by atoms with Crippen LogP contribution in [0.1, 0.15) is 38.3 Å². The van der Waals surface area contributed by atoms with Crippen molar-refractivity contribution in [2.75, 3.05) is 38.6 Å². The number of hydrogen-bond acceptors (Lipinski definition) is 3. The Kier molecular flexibility index (Phi) is 5.44. The van der Waals surface area contributed by atoms with Gasteiger partial charge in [-0.3, -0.25) is 0 Å². The maximum Gasteiger partial charge on any atom is 0.0414 e. The maximum atomic E-state index is 3.30. The Bertz CT molecular complexity index is 401. The number of anilines is 1. The van der Waals surface area contributed by atoms with Gasteiger partial charge in [0.15, 0.2) is 0 Å². The molecule has 20 heavy (non-hydrogen) atoms. The molecule has 3 heteroatoms. The van der Waals surface area contributed by atoms with Crippen LogP contribution in [0.3, 0.4) is 0 Å². The summed E-state index contributed by atoms with van der Waals surface area (Å²) in [6, 6.07) is 10.2. The minimum absolute atomic E-state index is 0.418. The second-order valence-electron chi connectivity index (χ2n) is 5.97. The number of rotatable bonds is 4. The van der Waals surface area contributed by atoms with Gasteiger partial charge in [-0.1, -0.05) is 19.1 Å². The van der Waals surface area contributed by atoms with E-state index in [1.54, 1.807) is 0 Å². The largest absolute Gasteiger partial charge is 0.367 e. The minimum atomic E-state index is 0.418. The molecule has 1 aromatic carbocycles. The van der Waals surface area contributed by atoms with Crippen LogP contribution >= 0.6 is 0 Å². The third kappa shape index (κ3) is 3.53. The number of hydrogen-bond donors (Lipinski definition) is 1. The zero-order chi connectivity index (χ0) is 14.5. The fourth-order valence-corrected chi connectivity index (χ4v) is 3.05. The van der Waals surface area contributed by atoms with E-state index in [0.717, 1.165) is 0 Å². The van der Waals surface area contributed by atoms with Gasteiger partial charge in [-0.05, 0) is 58.1 Å². The van der Waals surface area contributed by atoms with Gasteiger partial charge >= 0.3 is 0 Å². The summed E-state index contributed by atoms with van der Waals surface area (Å²) in [5.74, 6) is 0. The number of likely N-dealkylation sites (N-methyl/N-ethyl adjacent to an activating group) is 1. The minimum Gasteiger partial charge on any atom is -0.367 e. The van der Waals surface area contributed by atoms with Crippen LogP contribution < -0.4 is 10.2 Å². The van der Waals surface area contributed by atoms with E-state index in [0.29, 0.717) is 12.1 Å². The van der Waals surface area contributed by atoms with Crippen LogP contribution in [0, 0.1) is 0 Å². The molecule has 0 bridgehead atoms. The van der Waals surface area contributed by atoms with Crippen molar-refractivity contribution in [3.05, 3.63) is 29.8 Å². The molecule has 0 aliphatic carbocycles. The number of nitrogens with one attached hydrogen (secondary N) is 1. The van der Waals surface area contributed by atoms with Crippen molar-refractivity contribution >= 4 is 5.69 Å². The predicted octanol–water partition coefficient (Wildman–Crippen LogP) is 2.89. The molecule has 0 spiro atoms. The molecule has 112 valence electrons. The standard InChI is InChI=1S/C17H29N3/c1-5-16-13-19(4)11-6-12-20(16)17-9-7-15(8-10-17)14(2)18-3/h7-10,14,16,18H,5-6,11-13H2,1-4H3. The molecule has 1 aromatic rings. The molecule has 1 saturated heterocycles. The smallest absolute Gasteiger partial charge is 0.0414 e. The highest BCUT2D eigenvalue weighted by molar-refractivity contribution is 5.49. The van der Waals surface area contributed by atoms with Gasteiger partial charge < -0.3 is 15.1 Å². The molecule has 1 heterocycles. The summed E-state index contributed by atoms with van der Waals surface area (Å²) in [5.41, 5.74) is 2.73. The van der Waals surface area contributed by atoms with E-state index in [-0.39, 0.29) is 0 Å². The van der Waals surface area contributed by atoms with Gasteiger partial charge in [0.05, 0.1) is 0 Å². The number of benzene rings is 1.